The lowest BCUT2D eigenvalue weighted by Crippen LogP contribution is -2.71. The lowest BCUT2D eigenvalue weighted by atomic mass is 9.59. The van der Waals surface area contributed by atoms with Crippen LogP contribution in [-0.2, 0) is 9.59 Å². The Labute approximate surface area is 197 Å². The van der Waals surface area contributed by atoms with Crippen molar-refractivity contribution in [3.8, 4) is 5.75 Å². The number of amides is 2. The summed E-state index contributed by atoms with van der Waals surface area (Å²) in [6.07, 6.45) is 3.92. The first-order valence-electron chi connectivity index (χ1n) is 10.9. The molecule has 3 saturated carbocycles. The first-order chi connectivity index (χ1) is 15.2. The number of aliphatic hydroxyl groups excluding tert-OH is 1. The molecule has 3 aliphatic carbocycles. The molecule has 0 radical (unpaired) electrons. The summed E-state index contributed by atoms with van der Waals surface area (Å²) in [4.78, 5) is 29.6. The monoisotopic (exact) mass is 482 g/mol. The number of aliphatic imine (C=N–C) groups is 1. The molecular formula is C22H28Cl2N4O4. The van der Waals surface area contributed by atoms with Gasteiger partial charge in [0, 0.05) is 30.4 Å². The number of benzene rings is 1. The van der Waals surface area contributed by atoms with Crippen LogP contribution in [0.2, 0.25) is 10.0 Å². The molecule has 5 rings (SSSR count). The molecule has 1 aromatic rings. The van der Waals surface area contributed by atoms with Crippen molar-refractivity contribution in [1.29, 1.82) is 0 Å². The Bertz CT molecular complexity index is 917. The van der Waals surface area contributed by atoms with E-state index in [-0.39, 0.29) is 24.5 Å². The highest BCUT2D eigenvalue weighted by Crippen LogP contribution is 2.47. The number of fused-ring (bicyclic) bond motifs is 3. The van der Waals surface area contributed by atoms with E-state index in [1.165, 1.54) is 0 Å². The fourth-order valence-electron chi connectivity index (χ4n) is 4.83. The zero-order valence-electron chi connectivity index (χ0n) is 17.9. The number of nitrogens with one attached hydrogen (secondary N) is 3. The van der Waals surface area contributed by atoms with Crippen LogP contribution in [-0.4, -0.2) is 65.6 Å². The summed E-state index contributed by atoms with van der Waals surface area (Å²) in [6, 6.07) is 4.50. The molecule has 2 bridgehead atoms. The third-order valence-corrected chi connectivity index (χ3v) is 7.52. The van der Waals surface area contributed by atoms with Gasteiger partial charge in [0.15, 0.2) is 6.61 Å². The molecule has 1 heterocycles. The van der Waals surface area contributed by atoms with Gasteiger partial charge in [0.1, 0.15) is 11.8 Å². The molecule has 2 unspecified atom stereocenters. The lowest BCUT2D eigenvalue weighted by molar-refractivity contribution is -0.136. The van der Waals surface area contributed by atoms with Crippen molar-refractivity contribution in [3.05, 3.63) is 28.2 Å². The van der Waals surface area contributed by atoms with E-state index in [0.717, 1.165) is 0 Å². The smallest absolute Gasteiger partial charge is 0.258 e. The van der Waals surface area contributed by atoms with Gasteiger partial charge >= 0.3 is 0 Å². The number of halogens is 2. The van der Waals surface area contributed by atoms with Crippen molar-refractivity contribution < 1.29 is 19.4 Å². The standard InChI is InChI=1S/C22H28Cl2N4O4/c1-13-10-26-17(11-25-13)20(31)28-21-4-6-22(7-5-21,18(29)9-21)27-19(30)12-32-14-2-3-15(23)16(24)8-14/h2-3,8,10,13,17-18,25,29H,4-7,9,11-12H2,1H3,(H,27,30)(H,28,31)/t13?,17?,18-,21?,22?/m0/s1. The Morgan fingerprint density at radius 1 is 1.22 bits per heavy atom. The minimum atomic E-state index is -0.757. The number of nitrogens with zero attached hydrogens (tertiary/aromatic N) is 1. The van der Waals surface area contributed by atoms with Crippen molar-refractivity contribution in [2.75, 3.05) is 13.2 Å². The molecule has 4 N–H and O–H groups in total. The van der Waals surface area contributed by atoms with Gasteiger partial charge in [-0.25, -0.2) is 0 Å². The van der Waals surface area contributed by atoms with Gasteiger partial charge in [-0.2, -0.15) is 0 Å². The van der Waals surface area contributed by atoms with Gasteiger partial charge in [0.2, 0.25) is 5.91 Å². The van der Waals surface area contributed by atoms with Crippen LogP contribution >= 0.6 is 23.2 Å². The van der Waals surface area contributed by atoms with Crippen molar-refractivity contribution >= 4 is 41.2 Å². The van der Waals surface area contributed by atoms with Crippen LogP contribution in [0.4, 0.5) is 0 Å². The van der Waals surface area contributed by atoms with E-state index in [4.69, 9.17) is 27.9 Å². The van der Waals surface area contributed by atoms with E-state index in [0.29, 0.717) is 54.4 Å². The Balaban J connectivity index is 1.32. The van der Waals surface area contributed by atoms with Gasteiger partial charge in [-0.3, -0.25) is 14.6 Å². The highest BCUT2D eigenvalue weighted by Gasteiger charge is 2.55. The van der Waals surface area contributed by atoms with Crippen LogP contribution in [0.15, 0.2) is 23.2 Å². The van der Waals surface area contributed by atoms with Gasteiger partial charge in [0.25, 0.3) is 5.91 Å². The summed E-state index contributed by atoms with van der Waals surface area (Å²) in [5.41, 5.74) is -1.16. The molecule has 3 fully saturated rings. The number of aliphatic hydroxyl groups is 1. The van der Waals surface area contributed by atoms with E-state index in [2.05, 4.69) is 20.9 Å². The van der Waals surface area contributed by atoms with Gasteiger partial charge in [0.05, 0.1) is 21.7 Å². The minimum Gasteiger partial charge on any atom is -0.484 e. The minimum absolute atomic E-state index is 0.124. The van der Waals surface area contributed by atoms with Gasteiger partial charge in [-0.1, -0.05) is 23.2 Å². The molecule has 1 aromatic carbocycles. The van der Waals surface area contributed by atoms with E-state index in [9.17, 15) is 14.7 Å². The Morgan fingerprint density at radius 3 is 2.59 bits per heavy atom. The van der Waals surface area contributed by atoms with Gasteiger partial charge in [-0.05, 0) is 51.2 Å². The molecule has 10 heteroatoms. The Hall–Kier alpha value is -1.87. The fraction of sp³-hybridized carbons (Fsp3) is 0.591. The molecule has 0 spiro atoms. The second kappa shape index (κ2) is 9.17. The summed E-state index contributed by atoms with van der Waals surface area (Å²) in [5, 5.41) is 21.0. The topological polar surface area (TPSA) is 112 Å². The Kier molecular flexibility index (Phi) is 6.68. The maximum absolute atomic E-state index is 12.7. The van der Waals surface area contributed by atoms with E-state index < -0.39 is 23.2 Å². The maximum Gasteiger partial charge on any atom is 0.258 e. The number of hydrogen-bond acceptors (Lipinski definition) is 6. The summed E-state index contributed by atoms with van der Waals surface area (Å²) >= 11 is 11.9. The zero-order chi connectivity index (χ0) is 22.9. The average Bonchev–Trinajstić information content (AvgIpc) is 2.76. The molecular weight excluding hydrogens is 455 g/mol. The van der Waals surface area contributed by atoms with Crippen LogP contribution in [0.3, 0.4) is 0 Å². The van der Waals surface area contributed by atoms with E-state index in [1.807, 2.05) is 6.92 Å². The first kappa shape index (κ1) is 23.3. The molecule has 0 aromatic heterocycles. The molecule has 8 nitrogen and oxygen atoms in total. The quantitative estimate of drug-likeness (QED) is 0.494. The van der Waals surface area contributed by atoms with Crippen LogP contribution in [0, 0.1) is 0 Å². The van der Waals surface area contributed by atoms with Crippen molar-refractivity contribution in [2.45, 2.75) is 68.3 Å². The van der Waals surface area contributed by atoms with Crippen LogP contribution in [0.25, 0.3) is 0 Å². The molecule has 0 saturated heterocycles. The summed E-state index contributed by atoms with van der Waals surface area (Å²) in [5.74, 6) is 0.00229. The number of ether oxygens (including phenoxy) is 1. The van der Waals surface area contributed by atoms with Crippen molar-refractivity contribution in [2.24, 2.45) is 4.99 Å². The molecule has 174 valence electrons. The molecule has 4 aliphatic rings. The molecule has 3 atom stereocenters. The molecule has 2 amide bonds. The highest BCUT2D eigenvalue weighted by molar-refractivity contribution is 6.42. The largest absolute Gasteiger partial charge is 0.484 e. The SMILES string of the molecule is CC1C=NC(C(=O)NC23CCC(NC(=O)COc4ccc(Cl)c(Cl)c4)(CC2)[C@@H](O)C3)CN1. The Morgan fingerprint density at radius 2 is 1.97 bits per heavy atom. The van der Waals surface area contributed by atoms with Crippen molar-refractivity contribution in [3.63, 3.8) is 0 Å². The van der Waals surface area contributed by atoms with E-state index >= 15 is 0 Å². The number of carbonyl (C=O) groups excluding carboxylic acids is 2. The average molecular weight is 483 g/mol. The fourth-order valence-corrected chi connectivity index (χ4v) is 5.12. The summed E-state index contributed by atoms with van der Waals surface area (Å²) < 4.78 is 5.52. The van der Waals surface area contributed by atoms with Crippen LogP contribution in [0.5, 0.6) is 5.75 Å². The van der Waals surface area contributed by atoms with Crippen LogP contribution in [0.1, 0.15) is 39.0 Å². The third-order valence-electron chi connectivity index (χ3n) is 6.78. The predicted molar refractivity (Wildman–Crippen MR) is 123 cm³/mol. The second-order valence-corrected chi connectivity index (χ2v) is 9.88. The first-order valence-corrected chi connectivity index (χ1v) is 11.6. The lowest BCUT2D eigenvalue weighted by Gasteiger charge is -2.56. The highest BCUT2D eigenvalue weighted by atomic mass is 35.5. The number of hydrogen-bond donors (Lipinski definition) is 4. The normalized spacial score (nSPS) is 33.6. The van der Waals surface area contributed by atoms with Crippen molar-refractivity contribution in [1.82, 2.24) is 16.0 Å². The zero-order valence-corrected chi connectivity index (χ0v) is 19.4. The van der Waals surface area contributed by atoms with E-state index in [1.54, 1.807) is 24.4 Å². The summed E-state index contributed by atoms with van der Waals surface area (Å²) in [6.45, 7) is 2.29. The molecule has 32 heavy (non-hydrogen) atoms. The summed E-state index contributed by atoms with van der Waals surface area (Å²) in [7, 11) is 0. The maximum atomic E-state index is 12.7. The second-order valence-electron chi connectivity index (χ2n) is 9.07. The predicted octanol–water partition coefficient (Wildman–Crippen LogP) is 1.85. The van der Waals surface area contributed by atoms with Crippen LogP contribution < -0.4 is 20.7 Å². The number of rotatable bonds is 6. The third kappa shape index (κ3) is 4.88. The van der Waals surface area contributed by atoms with Gasteiger partial charge < -0.3 is 25.8 Å². The van der Waals surface area contributed by atoms with Gasteiger partial charge in [-0.15, -0.1) is 0 Å². The molecule has 1 aliphatic heterocycles. The number of carbonyl (C=O) groups is 2.